The number of anilines is 1. The van der Waals surface area contributed by atoms with E-state index in [1.807, 2.05) is 19.9 Å². The van der Waals surface area contributed by atoms with Crippen LogP contribution in [-0.4, -0.2) is 42.4 Å². The van der Waals surface area contributed by atoms with Crippen LogP contribution in [0.1, 0.15) is 11.4 Å². The molecule has 1 aromatic carbocycles. The zero-order valence-corrected chi connectivity index (χ0v) is 16.1. The molecule has 0 saturated heterocycles. The third-order valence-electron chi connectivity index (χ3n) is 3.78. The van der Waals surface area contributed by atoms with E-state index in [2.05, 4.69) is 19.8 Å². The van der Waals surface area contributed by atoms with Crippen LogP contribution < -0.4 is 14.2 Å². The smallest absolute Gasteiger partial charge is 0.266 e. The van der Waals surface area contributed by atoms with Crippen molar-refractivity contribution in [1.29, 1.82) is 0 Å². The lowest BCUT2D eigenvalue weighted by molar-refractivity contribution is 0.386. The highest BCUT2D eigenvalue weighted by atomic mass is 32.2. The standard InChI is InChI=1S/C17H19N5O4S/c1-11-7-12(2)22(20-11)17-9-16(18-10-19-17)21-27(23,24)15-6-5-13(25-3)8-14(15)26-4/h5-10H,1-4H3,(H,18,19,21). The monoisotopic (exact) mass is 389 g/mol. The van der Waals surface area contributed by atoms with Gasteiger partial charge in [-0.15, -0.1) is 0 Å². The van der Waals surface area contributed by atoms with E-state index in [-0.39, 0.29) is 16.5 Å². The van der Waals surface area contributed by atoms with Crippen molar-refractivity contribution in [1.82, 2.24) is 19.7 Å². The molecular formula is C17H19N5O4S. The van der Waals surface area contributed by atoms with Crippen molar-refractivity contribution in [2.75, 3.05) is 18.9 Å². The molecule has 0 aliphatic heterocycles. The zero-order chi connectivity index (χ0) is 19.6. The predicted octanol–water partition coefficient (Wildman–Crippen LogP) is 2.10. The minimum Gasteiger partial charge on any atom is -0.497 e. The highest BCUT2D eigenvalue weighted by molar-refractivity contribution is 7.92. The van der Waals surface area contributed by atoms with Crippen LogP contribution in [0.3, 0.4) is 0 Å². The number of aromatic nitrogens is 4. The van der Waals surface area contributed by atoms with Crippen molar-refractivity contribution in [3.8, 4) is 17.3 Å². The molecule has 10 heteroatoms. The van der Waals surface area contributed by atoms with E-state index in [0.717, 1.165) is 11.4 Å². The number of hydrogen-bond donors (Lipinski definition) is 1. The van der Waals surface area contributed by atoms with Crippen LogP contribution in [0.5, 0.6) is 11.5 Å². The number of nitrogens with one attached hydrogen (secondary N) is 1. The van der Waals surface area contributed by atoms with Gasteiger partial charge < -0.3 is 9.47 Å². The second-order valence-corrected chi connectivity index (χ2v) is 7.37. The molecule has 0 spiro atoms. The molecule has 0 aliphatic carbocycles. The lowest BCUT2D eigenvalue weighted by Crippen LogP contribution is -2.16. The molecule has 9 nitrogen and oxygen atoms in total. The fourth-order valence-corrected chi connectivity index (χ4v) is 3.72. The summed E-state index contributed by atoms with van der Waals surface area (Å²) in [4.78, 5) is 8.12. The van der Waals surface area contributed by atoms with Gasteiger partial charge in [0.2, 0.25) is 0 Å². The Morgan fingerprint density at radius 2 is 1.81 bits per heavy atom. The van der Waals surface area contributed by atoms with Gasteiger partial charge >= 0.3 is 0 Å². The molecule has 0 aliphatic rings. The Hall–Kier alpha value is -3.14. The summed E-state index contributed by atoms with van der Waals surface area (Å²) >= 11 is 0. The van der Waals surface area contributed by atoms with Crippen molar-refractivity contribution in [3.05, 3.63) is 48.0 Å². The maximum absolute atomic E-state index is 12.8. The Balaban J connectivity index is 1.95. The average molecular weight is 389 g/mol. The first-order valence-electron chi connectivity index (χ1n) is 7.94. The highest BCUT2D eigenvalue weighted by Gasteiger charge is 2.21. The van der Waals surface area contributed by atoms with Crippen molar-refractivity contribution in [2.24, 2.45) is 0 Å². The SMILES string of the molecule is COc1ccc(S(=O)(=O)Nc2cc(-n3nc(C)cc3C)ncn2)c(OC)c1. The minimum absolute atomic E-state index is 0.0305. The number of benzene rings is 1. The van der Waals surface area contributed by atoms with Crippen LogP contribution in [0.25, 0.3) is 5.82 Å². The first kappa shape index (κ1) is 18.6. The van der Waals surface area contributed by atoms with Crippen molar-refractivity contribution >= 4 is 15.8 Å². The van der Waals surface area contributed by atoms with E-state index in [4.69, 9.17) is 9.47 Å². The number of rotatable bonds is 6. The van der Waals surface area contributed by atoms with Crippen molar-refractivity contribution in [2.45, 2.75) is 18.7 Å². The lowest BCUT2D eigenvalue weighted by atomic mass is 10.3. The van der Waals surface area contributed by atoms with Crippen LogP contribution >= 0.6 is 0 Å². The molecular weight excluding hydrogens is 370 g/mol. The highest BCUT2D eigenvalue weighted by Crippen LogP contribution is 2.29. The van der Waals surface area contributed by atoms with Gasteiger partial charge in [0.05, 0.1) is 19.9 Å². The molecule has 0 fully saturated rings. The van der Waals surface area contributed by atoms with Crippen molar-refractivity contribution < 1.29 is 17.9 Å². The molecule has 0 radical (unpaired) electrons. The summed E-state index contributed by atoms with van der Waals surface area (Å²) in [5, 5.41) is 4.34. The predicted molar refractivity (Wildman–Crippen MR) is 99.0 cm³/mol. The summed E-state index contributed by atoms with van der Waals surface area (Å²) in [6.45, 7) is 3.75. The summed E-state index contributed by atoms with van der Waals surface area (Å²) in [7, 11) is -1.06. The number of hydrogen-bond acceptors (Lipinski definition) is 7. The van der Waals surface area contributed by atoms with Gasteiger partial charge in [0, 0.05) is 17.8 Å². The molecule has 0 bridgehead atoms. The molecule has 0 saturated carbocycles. The molecule has 1 N–H and O–H groups in total. The fraction of sp³-hybridized carbons (Fsp3) is 0.235. The van der Waals surface area contributed by atoms with E-state index in [9.17, 15) is 8.42 Å². The normalized spacial score (nSPS) is 11.3. The summed E-state index contributed by atoms with van der Waals surface area (Å²) in [6.07, 6.45) is 1.27. The largest absolute Gasteiger partial charge is 0.497 e. The number of nitrogens with zero attached hydrogens (tertiary/aromatic N) is 4. The van der Waals surface area contributed by atoms with Crippen LogP contribution in [0.15, 0.2) is 41.6 Å². The quantitative estimate of drug-likeness (QED) is 0.688. The Morgan fingerprint density at radius 3 is 2.44 bits per heavy atom. The summed E-state index contributed by atoms with van der Waals surface area (Å²) in [5.74, 6) is 1.22. The Labute approximate surface area is 157 Å². The Kier molecular flexibility index (Phi) is 5.00. The van der Waals surface area contributed by atoms with E-state index in [1.165, 1.54) is 38.7 Å². The maximum Gasteiger partial charge on any atom is 0.266 e. The summed E-state index contributed by atoms with van der Waals surface area (Å²) in [5.41, 5.74) is 1.70. The molecule has 27 heavy (non-hydrogen) atoms. The summed E-state index contributed by atoms with van der Waals surface area (Å²) in [6, 6.07) is 7.85. The van der Waals surface area contributed by atoms with E-state index in [0.29, 0.717) is 11.6 Å². The third-order valence-corrected chi connectivity index (χ3v) is 5.17. The minimum atomic E-state index is -3.94. The van der Waals surface area contributed by atoms with Gasteiger partial charge in [0.1, 0.15) is 28.5 Å². The summed E-state index contributed by atoms with van der Waals surface area (Å²) < 4.78 is 39.9. The lowest BCUT2D eigenvalue weighted by Gasteiger charge is -2.12. The van der Waals surface area contributed by atoms with Gasteiger partial charge in [-0.25, -0.2) is 23.1 Å². The molecule has 2 heterocycles. The number of aryl methyl sites for hydroxylation is 2. The molecule has 0 atom stereocenters. The average Bonchev–Trinajstić information content (AvgIpc) is 2.99. The third kappa shape index (κ3) is 3.85. The second-order valence-electron chi connectivity index (χ2n) is 5.72. The van der Waals surface area contributed by atoms with Gasteiger partial charge in [-0.1, -0.05) is 0 Å². The first-order valence-corrected chi connectivity index (χ1v) is 9.43. The van der Waals surface area contributed by atoms with E-state index >= 15 is 0 Å². The topological polar surface area (TPSA) is 108 Å². The molecule has 3 aromatic rings. The van der Waals surface area contributed by atoms with Gasteiger partial charge in [0.25, 0.3) is 10.0 Å². The Morgan fingerprint density at radius 1 is 1.04 bits per heavy atom. The molecule has 0 amide bonds. The van der Waals surface area contributed by atoms with Gasteiger partial charge in [-0.2, -0.15) is 5.10 Å². The second kappa shape index (κ2) is 7.23. The number of sulfonamides is 1. The van der Waals surface area contributed by atoms with Crippen LogP contribution in [0.4, 0.5) is 5.82 Å². The van der Waals surface area contributed by atoms with E-state index in [1.54, 1.807) is 10.7 Å². The van der Waals surface area contributed by atoms with Gasteiger partial charge in [-0.3, -0.25) is 4.72 Å². The van der Waals surface area contributed by atoms with Crippen molar-refractivity contribution in [3.63, 3.8) is 0 Å². The van der Waals surface area contributed by atoms with E-state index < -0.39 is 10.0 Å². The molecule has 0 unspecified atom stereocenters. The van der Waals surface area contributed by atoms with Gasteiger partial charge in [0.15, 0.2) is 5.82 Å². The maximum atomic E-state index is 12.8. The van der Waals surface area contributed by atoms with Crippen LogP contribution in [-0.2, 0) is 10.0 Å². The van der Waals surface area contributed by atoms with Gasteiger partial charge in [-0.05, 0) is 32.0 Å². The van der Waals surface area contributed by atoms with Crippen LogP contribution in [0.2, 0.25) is 0 Å². The molecule has 3 rings (SSSR count). The zero-order valence-electron chi connectivity index (χ0n) is 15.3. The molecule has 2 aromatic heterocycles. The fourth-order valence-electron chi connectivity index (χ4n) is 2.57. The Bertz CT molecular complexity index is 1080. The number of methoxy groups -OCH3 is 2. The first-order chi connectivity index (χ1) is 12.8. The number of ether oxygens (including phenoxy) is 2. The van der Waals surface area contributed by atoms with Crippen LogP contribution in [0, 0.1) is 13.8 Å². The molecule has 142 valence electrons.